The average molecular weight is 546 g/mol. The first kappa shape index (κ1) is 30.0. The summed E-state index contributed by atoms with van der Waals surface area (Å²) in [4.78, 5) is 33.6. The lowest BCUT2D eigenvalue weighted by molar-refractivity contribution is -0.141. The summed E-state index contributed by atoms with van der Waals surface area (Å²) in [5.41, 5.74) is 0.221. The highest BCUT2D eigenvalue weighted by Gasteiger charge is 2.48. The predicted molar refractivity (Wildman–Crippen MR) is 151 cm³/mol. The molecule has 1 saturated carbocycles. The highest BCUT2D eigenvalue weighted by Crippen LogP contribution is 2.49. The highest BCUT2D eigenvalue weighted by atomic mass is 19.1. The van der Waals surface area contributed by atoms with Crippen molar-refractivity contribution in [3.8, 4) is 0 Å². The summed E-state index contributed by atoms with van der Waals surface area (Å²) >= 11 is 0. The Morgan fingerprint density at radius 3 is 2.21 bits per heavy atom. The Balaban J connectivity index is 1.53. The molecular formula is C32H49F2N3O2. The molecule has 1 aromatic rings. The number of piperidine rings is 1. The Bertz CT molecular complexity index is 1010. The van der Waals surface area contributed by atoms with Gasteiger partial charge in [0.15, 0.2) is 0 Å². The van der Waals surface area contributed by atoms with Gasteiger partial charge in [-0.3, -0.25) is 14.5 Å². The molecule has 2 saturated heterocycles. The summed E-state index contributed by atoms with van der Waals surface area (Å²) in [7, 11) is 0. The highest BCUT2D eigenvalue weighted by molar-refractivity contribution is 5.81. The van der Waals surface area contributed by atoms with Gasteiger partial charge in [-0.2, -0.15) is 0 Å². The van der Waals surface area contributed by atoms with Crippen molar-refractivity contribution >= 4 is 11.8 Å². The van der Waals surface area contributed by atoms with Gasteiger partial charge in [0.2, 0.25) is 11.8 Å². The van der Waals surface area contributed by atoms with E-state index in [1.807, 2.05) is 23.6 Å². The van der Waals surface area contributed by atoms with E-state index in [2.05, 4.69) is 25.7 Å². The van der Waals surface area contributed by atoms with Crippen LogP contribution in [0, 0.1) is 28.9 Å². The van der Waals surface area contributed by atoms with Crippen molar-refractivity contribution in [3.05, 3.63) is 35.4 Å². The van der Waals surface area contributed by atoms with E-state index in [9.17, 15) is 18.4 Å². The predicted octanol–water partition coefficient (Wildman–Crippen LogP) is 6.23. The molecule has 2 atom stereocenters. The van der Waals surface area contributed by atoms with Crippen molar-refractivity contribution in [2.75, 3.05) is 39.3 Å². The maximum atomic E-state index is 14.9. The lowest BCUT2D eigenvalue weighted by Crippen LogP contribution is -2.51. The van der Waals surface area contributed by atoms with Crippen LogP contribution in [0.5, 0.6) is 0 Å². The fraction of sp³-hybridized carbons (Fsp3) is 0.750. The van der Waals surface area contributed by atoms with Crippen molar-refractivity contribution in [2.24, 2.45) is 17.3 Å². The molecule has 0 aromatic heterocycles. The molecule has 4 rings (SSSR count). The fourth-order valence-electron chi connectivity index (χ4n) is 7.56. The molecule has 2 unspecified atom stereocenters. The number of halogens is 2. The monoisotopic (exact) mass is 545 g/mol. The number of hydrogen-bond donors (Lipinski definition) is 0. The van der Waals surface area contributed by atoms with Gasteiger partial charge in [0, 0.05) is 63.2 Å². The zero-order valence-corrected chi connectivity index (χ0v) is 24.8. The van der Waals surface area contributed by atoms with Gasteiger partial charge in [-0.05, 0) is 83.3 Å². The molecule has 1 aliphatic carbocycles. The van der Waals surface area contributed by atoms with E-state index in [1.54, 1.807) is 0 Å². The van der Waals surface area contributed by atoms with E-state index in [0.717, 1.165) is 32.0 Å². The average Bonchev–Trinajstić information content (AvgIpc) is 3.36. The van der Waals surface area contributed by atoms with Crippen molar-refractivity contribution in [2.45, 2.75) is 97.4 Å². The Morgan fingerprint density at radius 1 is 1.00 bits per heavy atom. The van der Waals surface area contributed by atoms with Crippen molar-refractivity contribution in [3.63, 3.8) is 0 Å². The van der Waals surface area contributed by atoms with Crippen LogP contribution in [0.4, 0.5) is 8.78 Å². The maximum Gasteiger partial charge on any atom is 0.227 e. The number of benzene rings is 1. The van der Waals surface area contributed by atoms with Gasteiger partial charge < -0.3 is 9.80 Å². The number of carbonyl (C=O) groups excluding carboxylic acids is 2. The van der Waals surface area contributed by atoms with Gasteiger partial charge in [-0.25, -0.2) is 8.78 Å². The van der Waals surface area contributed by atoms with Crippen LogP contribution in [0.25, 0.3) is 0 Å². The molecule has 3 fully saturated rings. The first-order chi connectivity index (χ1) is 18.5. The van der Waals surface area contributed by atoms with Crippen LogP contribution in [0.1, 0.15) is 97.5 Å². The van der Waals surface area contributed by atoms with Crippen LogP contribution in [-0.2, 0) is 9.59 Å². The summed E-state index contributed by atoms with van der Waals surface area (Å²) in [6, 6.07) is 3.75. The van der Waals surface area contributed by atoms with Crippen molar-refractivity contribution in [1.29, 1.82) is 0 Å². The van der Waals surface area contributed by atoms with Gasteiger partial charge >= 0.3 is 0 Å². The maximum absolute atomic E-state index is 14.9. The van der Waals surface area contributed by atoms with E-state index in [0.29, 0.717) is 44.1 Å². The van der Waals surface area contributed by atoms with E-state index >= 15 is 0 Å². The second-order valence-electron chi connectivity index (χ2n) is 13.2. The minimum Gasteiger partial charge on any atom is -0.343 e. The van der Waals surface area contributed by atoms with E-state index < -0.39 is 11.6 Å². The molecule has 0 bridgehead atoms. The molecule has 5 nitrogen and oxygen atoms in total. The van der Waals surface area contributed by atoms with Gasteiger partial charge in [0.25, 0.3) is 0 Å². The third kappa shape index (κ3) is 6.49. The summed E-state index contributed by atoms with van der Waals surface area (Å²) in [6.45, 7) is 14.3. The van der Waals surface area contributed by atoms with E-state index in [1.165, 1.54) is 44.2 Å². The van der Waals surface area contributed by atoms with Crippen LogP contribution in [-0.4, -0.2) is 71.3 Å². The SMILES string of the molecule is CCN(CC)C(=O)CC1(C2CCCCC2)CCN(C(=O)C2CN(C(C)(C)C)CC2c2ccc(F)cc2F)CC1. The third-order valence-corrected chi connectivity index (χ3v) is 10.1. The van der Waals surface area contributed by atoms with Crippen LogP contribution in [0.3, 0.4) is 0 Å². The van der Waals surface area contributed by atoms with Gasteiger partial charge in [0.05, 0.1) is 5.92 Å². The standard InChI is InChI=1S/C32H49F2N3O2/c1-6-35(7-2)29(38)20-32(23-11-9-8-10-12-23)15-17-36(18-16-32)30(39)27-22-37(31(3,4)5)21-26(27)25-14-13-24(33)19-28(25)34/h13-14,19,23,26-27H,6-12,15-18,20-22H2,1-5H3. The minimum absolute atomic E-state index is 0.0491. The van der Waals surface area contributed by atoms with E-state index in [4.69, 9.17) is 0 Å². The van der Waals surface area contributed by atoms with Crippen LogP contribution in [0.15, 0.2) is 18.2 Å². The number of carbonyl (C=O) groups is 2. The molecule has 2 aliphatic heterocycles. The molecule has 218 valence electrons. The van der Waals surface area contributed by atoms with Crippen molar-refractivity contribution in [1.82, 2.24) is 14.7 Å². The molecule has 0 spiro atoms. The molecule has 2 amide bonds. The largest absolute Gasteiger partial charge is 0.343 e. The number of nitrogens with zero attached hydrogens (tertiary/aromatic N) is 3. The summed E-state index contributed by atoms with van der Waals surface area (Å²) in [5.74, 6) is -1.00. The van der Waals surface area contributed by atoms with Crippen LogP contribution >= 0.6 is 0 Å². The quantitative estimate of drug-likeness (QED) is 0.408. The molecular weight excluding hydrogens is 496 g/mol. The normalized spacial score (nSPS) is 24.6. The first-order valence-electron chi connectivity index (χ1n) is 15.3. The second kappa shape index (κ2) is 12.2. The topological polar surface area (TPSA) is 43.9 Å². The lowest BCUT2D eigenvalue weighted by Gasteiger charge is -2.48. The molecule has 39 heavy (non-hydrogen) atoms. The van der Waals surface area contributed by atoms with E-state index in [-0.39, 0.29) is 34.6 Å². The summed E-state index contributed by atoms with van der Waals surface area (Å²) in [6.07, 6.45) is 8.35. The van der Waals surface area contributed by atoms with Gasteiger partial charge in [-0.15, -0.1) is 0 Å². The Morgan fingerprint density at radius 2 is 1.64 bits per heavy atom. The van der Waals surface area contributed by atoms with Crippen LogP contribution < -0.4 is 0 Å². The third-order valence-electron chi connectivity index (χ3n) is 10.1. The van der Waals surface area contributed by atoms with Gasteiger partial charge in [0.1, 0.15) is 11.6 Å². The fourth-order valence-corrected chi connectivity index (χ4v) is 7.56. The smallest absolute Gasteiger partial charge is 0.227 e. The number of rotatable bonds is 7. The van der Waals surface area contributed by atoms with Crippen LogP contribution in [0.2, 0.25) is 0 Å². The number of likely N-dealkylation sites (tertiary alicyclic amines) is 2. The zero-order chi connectivity index (χ0) is 28.4. The molecule has 3 aliphatic rings. The number of amides is 2. The Kier molecular flexibility index (Phi) is 9.40. The molecule has 7 heteroatoms. The molecule has 1 aromatic carbocycles. The lowest BCUT2D eigenvalue weighted by atomic mass is 9.62. The minimum atomic E-state index is -0.598. The summed E-state index contributed by atoms with van der Waals surface area (Å²) in [5, 5.41) is 0. The van der Waals surface area contributed by atoms with Gasteiger partial charge in [-0.1, -0.05) is 25.3 Å². The molecule has 2 heterocycles. The second-order valence-corrected chi connectivity index (χ2v) is 13.2. The zero-order valence-electron chi connectivity index (χ0n) is 24.8. The Labute approximate surface area is 234 Å². The first-order valence-corrected chi connectivity index (χ1v) is 15.3. The molecule has 0 N–H and O–H groups in total. The number of hydrogen-bond acceptors (Lipinski definition) is 3. The Hall–Kier alpha value is -2.02. The van der Waals surface area contributed by atoms with Crippen molar-refractivity contribution < 1.29 is 18.4 Å². The summed E-state index contributed by atoms with van der Waals surface area (Å²) < 4.78 is 28.6. The molecule has 0 radical (unpaired) electrons.